The minimum atomic E-state index is 0.412. The first-order valence-electron chi connectivity index (χ1n) is 16.3. The molecule has 6 rings (SSSR count). The summed E-state index contributed by atoms with van der Waals surface area (Å²) < 4.78 is 18.4. The van der Waals surface area contributed by atoms with Crippen LogP contribution >= 0.6 is 0 Å². The molecule has 0 aliphatic carbocycles. The highest BCUT2D eigenvalue weighted by Gasteiger charge is 2.27. The van der Waals surface area contributed by atoms with Crippen molar-refractivity contribution in [3.05, 3.63) is 78.5 Å². The van der Waals surface area contributed by atoms with Crippen LogP contribution in [0.5, 0.6) is 23.0 Å². The van der Waals surface area contributed by atoms with E-state index in [2.05, 4.69) is 58.2 Å². The van der Waals surface area contributed by atoms with Crippen molar-refractivity contribution in [2.24, 2.45) is 5.92 Å². The first-order chi connectivity index (χ1) is 21.6. The zero-order valence-corrected chi connectivity index (χ0v) is 26.4. The minimum absolute atomic E-state index is 0.412. The number of likely N-dealkylation sites (tertiary alicyclic amines) is 2. The number of hydrogen-bond acceptors (Lipinski definition) is 7. The van der Waals surface area contributed by atoms with Crippen LogP contribution in [0.1, 0.15) is 45.1 Å². The molecule has 0 saturated carbocycles. The van der Waals surface area contributed by atoms with Gasteiger partial charge in [0, 0.05) is 47.5 Å². The highest BCUT2D eigenvalue weighted by atomic mass is 16.5. The van der Waals surface area contributed by atoms with Crippen molar-refractivity contribution in [1.82, 2.24) is 14.8 Å². The fourth-order valence-corrected chi connectivity index (χ4v) is 6.51. The number of piperidine rings is 1. The van der Waals surface area contributed by atoms with E-state index in [9.17, 15) is 0 Å². The maximum atomic E-state index is 6.33. The Bertz CT molecular complexity index is 1490. The Morgan fingerprint density at radius 2 is 1.57 bits per heavy atom. The van der Waals surface area contributed by atoms with E-state index >= 15 is 0 Å². The number of hydrogen-bond donors (Lipinski definition) is 1. The van der Waals surface area contributed by atoms with Crippen molar-refractivity contribution in [1.29, 1.82) is 0 Å². The Morgan fingerprint density at radius 3 is 2.25 bits per heavy atom. The van der Waals surface area contributed by atoms with Gasteiger partial charge >= 0.3 is 0 Å². The smallest absolute Gasteiger partial charge is 0.163 e. The Morgan fingerprint density at radius 1 is 0.864 bits per heavy atom. The van der Waals surface area contributed by atoms with E-state index in [4.69, 9.17) is 14.2 Å². The van der Waals surface area contributed by atoms with E-state index in [1.54, 1.807) is 13.3 Å². The van der Waals surface area contributed by atoms with Gasteiger partial charge in [-0.25, -0.2) is 0 Å². The normalized spacial score (nSPS) is 17.1. The van der Waals surface area contributed by atoms with Gasteiger partial charge in [-0.15, -0.1) is 0 Å². The van der Waals surface area contributed by atoms with Gasteiger partial charge in [0.15, 0.2) is 11.5 Å². The lowest BCUT2D eigenvalue weighted by Crippen LogP contribution is -2.45. The molecular weight excluding hydrogens is 548 g/mol. The molecule has 2 saturated heterocycles. The van der Waals surface area contributed by atoms with E-state index in [1.807, 2.05) is 42.5 Å². The van der Waals surface area contributed by atoms with Crippen molar-refractivity contribution in [2.45, 2.75) is 52.0 Å². The number of aromatic nitrogens is 1. The summed E-state index contributed by atoms with van der Waals surface area (Å²) in [5.74, 6) is 3.28. The number of benzene rings is 3. The number of anilines is 2. The van der Waals surface area contributed by atoms with E-state index in [-0.39, 0.29) is 0 Å². The number of pyridine rings is 1. The maximum Gasteiger partial charge on any atom is 0.163 e. The fourth-order valence-electron chi connectivity index (χ4n) is 6.51. The number of rotatable bonds is 12. The van der Waals surface area contributed by atoms with E-state index in [0.717, 1.165) is 52.8 Å². The molecule has 0 radical (unpaired) electrons. The van der Waals surface area contributed by atoms with Crippen molar-refractivity contribution in [2.75, 3.05) is 51.8 Å². The molecule has 0 bridgehead atoms. The largest absolute Gasteiger partial charge is 0.493 e. The molecule has 0 amide bonds. The average Bonchev–Trinajstić information content (AvgIpc) is 3.60. The summed E-state index contributed by atoms with van der Waals surface area (Å²) in [6, 6.07) is 23.1. The van der Waals surface area contributed by atoms with Crippen LogP contribution in [0.25, 0.3) is 10.9 Å². The Kier molecular flexibility index (Phi) is 9.83. The molecule has 2 aliphatic rings. The molecule has 1 N–H and O–H groups in total. The molecule has 7 nitrogen and oxygen atoms in total. The predicted molar refractivity (Wildman–Crippen MR) is 179 cm³/mol. The quantitative estimate of drug-likeness (QED) is 0.179. The molecular formula is C37H46N4O3. The number of methoxy groups -OCH3 is 1. The molecule has 4 aromatic rings. The number of fused-ring (bicyclic) bond motifs is 1. The SMILES string of the molecule is CCc1ccc(Nc2ccc(Oc3ccnc4cc(OCC(C)CN5CCC(N6CCCC6)CC5)c(OC)cc34)cc2)cc1. The molecule has 0 spiro atoms. The topological polar surface area (TPSA) is 59.1 Å². The zero-order chi connectivity index (χ0) is 30.3. The van der Waals surface area contributed by atoms with Gasteiger partial charge in [-0.1, -0.05) is 26.0 Å². The van der Waals surface area contributed by atoms with Gasteiger partial charge in [0.1, 0.15) is 11.5 Å². The van der Waals surface area contributed by atoms with Crippen molar-refractivity contribution in [3.8, 4) is 23.0 Å². The van der Waals surface area contributed by atoms with Crippen LogP contribution in [0, 0.1) is 5.92 Å². The number of aryl methyl sites for hydroxylation is 1. The summed E-state index contributed by atoms with van der Waals surface area (Å²) in [4.78, 5) is 9.93. The van der Waals surface area contributed by atoms with E-state index < -0.39 is 0 Å². The summed E-state index contributed by atoms with van der Waals surface area (Å²) in [6.45, 7) is 11.1. The zero-order valence-electron chi connectivity index (χ0n) is 26.4. The molecule has 1 atom stereocenters. The molecule has 1 aromatic heterocycles. The average molecular weight is 595 g/mol. The lowest BCUT2D eigenvalue weighted by atomic mass is 10.0. The molecule has 2 aliphatic heterocycles. The van der Waals surface area contributed by atoms with Crippen LogP contribution in [-0.4, -0.2) is 67.3 Å². The highest BCUT2D eigenvalue weighted by Crippen LogP contribution is 2.37. The Labute approximate surface area is 262 Å². The third-order valence-electron chi connectivity index (χ3n) is 9.03. The third kappa shape index (κ3) is 7.45. The van der Waals surface area contributed by atoms with Gasteiger partial charge in [0.25, 0.3) is 0 Å². The predicted octanol–water partition coefficient (Wildman–Crippen LogP) is 7.92. The Hall–Kier alpha value is -3.81. The molecule has 7 heteroatoms. The molecule has 1 unspecified atom stereocenters. The monoisotopic (exact) mass is 594 g/mol. The molecule has 44 heavy (non-hydrogen) atoms. The van der Waals surface area contributed by atoms with Crippen LogP contribution in [0.4, 0.5) is 11.4 Å². The first-order valence-corrected chi connectivity index (χ1v) is 16.3. The second kappa shape index (κ2) is 14.3. The molecule has 2 fully saturated rings. The number of nitrogens with one attached hydrogen (secondary N) is 1. The van der Waals surface area contributed by atoms with Crippen LogP contribution in [0.3, 0.4) is 0 Å². The van der Waals surface area contributed by atoms with Gasteiger partial charge in [-0.05, 0) is 112 Å². The van der Waals surface area contributed by atoms with Gasteiger partial charge in [0.05, 0.1) is 19.2 Å². The lowest BCUT2D eigenvalue weighted by Gasteiger charge is -2.37. The minimum Gasteiger partial charge on any atom is -0.493 e. The van der Waals surface area contributed by atoms with Gasteiger partial charge in [-0.3, -0.25) is 4.98 Å². The van der Waals surface area contributed by atoms with E-state index in [0.29, 0.717) is 24.0 Å². The second-order valence-electron chi connectivity index (χ2n) is 12.3. The standard InChI is InChI=1S/C37H46N4O3/c1-4-28-7-9-29(10-8-28)39-30-11-13-32(14-12-30)44-35-15-18-38-34-24-37(36(42-3)23-33(34)35)43-26-27(2)25-40-21-16-31(17-22-40)41-19-5-6-20-41/h7-15,18,23-24,27,31,39H,4-6,16-17,19-22,25-26H2,1-3H3. The van der Waals surface area contributed by atoms with Gasteiger partial charge in [-0.2, -0.15) is 0 Å². The van der Waals surface area contributed by atoms with Crippen LogP contribution in [0.15, 0.2) is 72.9 Å². The van der Waals surface area contributed by atoms with Crippen LogP contribution < -0.4 is 19.5 Å². The second-order valence-corrected chi connectivity index (χ2v) is 12.3. The highest BCUT2D eigenvalue weighted by molar-refractivity contribution is 5.88. The summed E-state index contributed by atoms with van der Waals surface area (Å²) in [6.07, 6.45) is 8.13. The van der Waals surface area contributed by atoms with E-state index in [1.165, 1.54) is 57.4 Å². The third-order valence-corrected chi connectivity index (χ3v) is 9.03. The number of ether oxygens (including phenoxy) is 3. The summed E-state index contributed by atoms with van der Waals surface area (Å²) in [5.41, 5.74) is 4.20. The first kappa shape index (κ1) is 30.2. The summed E-state index contributed by atoms with van der Waals surface area (Å²) in [5, 5.41) is 4.33. The van der Waals surface area contributed by atoms with Gasteiger partial charge < -0.3 is 29.3 Å². The maximum absolute atomic E-state index is 6.33. The van der Waals surface area contributed by atoms with Crippen molar-refractivity contribution >= 4 is 22.3 Å². The van der Waals surface area contributed by atoms with Crippen LogP contribution in [0.2, 0.25) is 0 Å². The fraction of sp³-hybridized carbons (Fsp3) is 0.432. The molecule has 232 valence electrons. The summed E-state index contributed by atoms with van der Waals surface area (Å²) >= 11 is 0. The number of nitrogens with zero attached hydrogens (tertiary/aromatic N) is 3. The van der Waals surface area contributed by atoms with Crippen LogP contribution in [-0.2, 0) is 6.42 Å². The summed E-state index contributed by atoms with van der Waals surface area (Å²) in [7, 11) is 1.68. The molecule has 3 heterocycles. The molecule has 3 aromatic carbocycles. The van der Waals surface area contributed by atoms with Crippen molar-refractivity contribution in [3.63, 3.8) is 0 Å². The van der Waals surface area contributed by atoms with Crippen molar-refractivity contribution < 1.29 is 14.2 Å². The van der Waals surface area contributed by atoms with Gasteiger partial charge in [0.2, 0.25) is 0 Å². The lowest BCUT2D eigenvalue weighted by molar-refractivity contribution is 0.107. The Balaban J connectivity index is 1.06.